The summed E-state index contributed by atoms with van der Waals surface area (Å²) in [7, 11) is 2.07. The Bertz CT molecular complexity index is 718. The van der Waals surface area contributed by atoms with Gasteiger partial charge < -0.3 is 15.0 Å². The second-order valence-electron chi connectivity index (χ2n) is 6.27. The van der Waals surface area contributed by atoms with Crippen LogP contribution in [0.3, 0.4) is 0 Å². The lowest BCUT2D eigenvalue weighted by molar-refractivity contribution is -0.0175. The first kappa shape index (κ1) is 18.0. The number of hydrogen-bond acceptors (Lipinski definition) is 4. The van der Waals surface area contributed by atoms with Crippen LogP contribution in [0.5, 0.6) is 0 Å². The van der Waals surface area contributed by atoms with Gasteiger partial charge in [0.2, 0.25) is 0 Å². The standard InChI is InChI=1S/C20H24N2O2S/c1-22-10-11-24-18(14-22)13-21-20(23)17-5-3-4-16(12-17)15-6-8-19(25-2)9-7-15/h3-9,12,18H,10-11,13-14H2,1-2H3,(H,21,23)/t18-/m1/s1. The van der Waals surface area contributed by atoms with Gasteiger partial charge in [-0.3, -0.25) is 4.79 Å². The number of rotatable bonds is 5. The summed E-state index contributed by atoms with van der Waals surface area (Å²) in [6.07, 6.45) is 2.12. The molecule has 0 bridgehead atoms. The van der Waals surface area contributed by atoms with Gasteiger partial charge in [-0.2, -0.15) is 0 Å². The molecular weight excluding hydrogens is 332 g/mol. The van der Waals surface area contributed by atoms with E-state index >= 15 is 0 Å². The highest BCUT2D eigenvalue weighted by Crippen LogP contribution is 2.23. The monoisotopic (exact) mass is 356 g/mol. The normalized spacial score (nSPS) is 18.1. The van der Waals surface area contributed by atoms with Crippen molar-refractivity contribution in [3.8, 4) is 11.1 Å². The van der Waals surface area contributed by atoms with Gasteiger partial charge in [0.25, 0.3) is 5.91 Å². The number of carbonyl (C=O) groups is 1. The van der Waals surface area contributed by atoms with Crippen molar-refractivity contribution in [2.45, 2.75) is 11.0 Å². The van der Waals surface area contributed by atoms with Gasteiger partial charge in [-0.25, -0.2) is 0 Å². The average molecular weight is 356 g/mol. The number of likely N-dealkylation sites (N-methyl/N-ethyl adjacent to an activating group) is 1. The van der Waals surface area contributed by atoms with Gasteiger partial charge in [-0.05, 0) is 48.7 Å². The number of morpholine rings is 1. The van der Waals surface area contributed by atoms with Gasteiger partial charge in [0.15, 0.2) is 0 Å². The lowest BCUT2D eigenvalue weighted by atomic mass is 10.0. The molecular formula is C20H24N2O2S. The Hall–Kier alpha value is -1.82. The number of benzene rings is 2. The quantitative estimate of drug-likeness (QED) is 0.836. The maximum atomic E-state index is 12.5. The summed E-state index contributed by atoms with van der Waals surface area (Å²) in [6.45, 7) is 3.05. The Morgan fingerprint density at radius 1 is 1.24 bits per heavy atom. The summed E-state index contributed by atoms with van der Waals surface area (Å²) in [5, 5.41) is 2.99. The lowest BCUT2D eigenvalue weighted by Gasteiger charge is -2.30. The maximum absolute atomic E-state index is 12.5. The highest BCUT2D eigenvalue weighted by molar-refractivity contribution is 7.98. The third-order valence-electron chi connectivity index (χ3n) is 4.38. The van der Waals surface area contributed by atoms with Gasteiger partial charge in [0.1, 0.15) is 0 Å². The third-order valence-corrected chi connectivity index (χ3v) is 5.12. The fourth-order valence-electron chi connectivity index (χ4n) is 2.92. The number of carbonyl (C=O) groups excluding carboxylic acids is 1. The molecule has 1 atom stereocenters. The third kappa shape index (κ3) is 4.84. The minimum atomic E-state index is -0.0561. The van der Waals surface area contributed by atoms with Crippen molar-refractivity contribution in [1.29, 1.82) is 0 Å². The van der Waals surface area contributed by atoms with Gasteiger partial charge >= 0.3 is 0 Å². The highest BCUT2D eigenvalue weighted by Gasteiger charge is 2.18. The number of hydrogen-bond donors (Lipinski definition) is 1. The van der Waals surface area contributed by atoms with Crippen LogP contribution in [0.15, 0.2) is 53.4 Å². The zero-order valence-electron chi connectivity index (χ0n) is 14.7. The van der Waals surface area contributed by atoms with Crippen LogP contribution in [0, 0.1) is 0 Å². The van der Waals surface area contributed by atoms with E-state index in [1.54, 1.807) is 11.8 Å². The molecule has 0 radical (unpaired) electrons. The van der Waals surface area contributed by atoms with Crippen LogP contribution < -0.4 is 5.32 Å². The van der Waals surface area contributed by atoms with Crippen LogP contribution in [0.1, 0.15) is 10.4 Å². The average Bonchev–Trinajstić information content (AvgIpc) is 2.66. The molecule has 1 N–H and O–H groups in total. The Kier molecular flexibility index (Phi) is 6.13. The first-order valence-electron chi connectivity index (χ1n) is 8.48. The van der Waals surface area contributed by atoms with E-state index in [-0.39, 0.29) is 12.0 Å². The molecule has 1 amide bonds. The summed E-state index contributed by atoms with van der Waals surface area (Å²) < 4.78 is 5.69. The zero-order chi connectivity index (χ0) is 17.6. The number of amides is 1. The second-order valence-corrected chi connectivity index (χ2v) is 7.15. The van der Waals surface area contributed by atoms with Gasteiger partial charge in [-0.1, -0.05) is 24.3 Å². The van der Waals surface area contributed by atoms with Gasteiger partial charge in [-0.15, -0.1) is 11.8 Å². The Morgan fingerprint density at radius 3 is 2.76 bits per heavy atom. The molecule has 5 heteroatoms. The molecule has 0 unspecified atom stereocenters. The van der Waals surface area contributed by atoms with E-state index in [2.05, 4.69) is 47.8 Å². The molecule has 0 saturated carbocycles. The van der Waals surface area contributed by atoms with Crippen molar-refractivity contribution in [1.82, 2.24) is 10.2 Å². The van der Waals surface area contributed by atoms with E-state index in [0.29, 0.717) is 12.1 Å². The van der Waals surface area contributed by atoms with Crippen molar-refractivity contribution < 1.29 is 9.53 Å². The zero-order valence-corrected chi connectivity index (χ0v) is 15.5. The van der Waals surface area contributed by atoms with Crippen LogP contribution in [0.2, 0.25) is 0 Å². The molecule has 4 nitrogen and oxygen atoms in total. The van der Waals surface area contributed by atoms with Crippen LogP contribution >= 0.6 is 11.8 Å². The molecule has 1 saturated heterocycles. The number of nitrogens with one attached hydrogen (secondary N) is 1. The summed E-state index contributed by atoms with van der Waals surface area (Å²) in [6, 6.07) is 16.1. The predicted molar refractivity (Wildman–Crippen MR) is 103 cm³/mol. The molecule has 2 aromatic rings. The van der Waals surface area contributed by atoms with Crippen LogP contribution in [-0.4, -0.2) is 56.5 Å². The highest BCUT2D eigenvalue weighted by atomic mass is 32.2. The Morgan fingerprint density at radius 2 is 2.04 bits per heavy atom. The molecule has 1 fully saturated rings. The van der Waals surface area contributed by atoms with E-state index < -0.39 is 0 Å². The van der Waals surface area contributed by atoms with Gasteiger partial charge in [0, 0.05) is 30.1 Å². The SMILES string of the molecule is CSc1ccc(-c2cccc(C(=O)NC[C@@H]3CN(C)CCO3)c2)cc1. The fourth-order valence-corrected chi connectivity index (χ4v) is 3.33. The minimum absolute atomic E-state index is 0.0561. The molecule has 3 rings (SSSR count). The molecule has 1 aliphatic heterocycles. The van der Waals surface area contributed by atoms with E-state index in [1.165, 1.54) is 4.90 Å². The minimum Gasteiger partial charge on any atom is -0.374 e. The van der Waals surface area contributed by atoms with Crippen molar-refractivity contribution >= 4 is 17.7 Å². The van der Waals surface area contributed by atoms with Crippen molar-refractivity contribution in [2.75, 3.05) is 39.5 Å². The topological polar surface area (TPSA) is 41.6 Å². The molecule has 0 aromatic heterocycles. The maximum Gasteiger partial charge on any atom is 0.251 e. The molecule has 0 spiro atoms. The number of thioether (sulfide) groups is 1. The van der Waals surface area contributed by atoms with Crippen molar-refractivity contribution in [3.05, 3.63) is 54.1 Å². The van der Waals surface area contributed by atoms with E-state index in [1.807, 2.05) is 24.3 Å². The van der Waals surface area contributed by atoms with E-state index in [0.717, 1.165) is 30.8 Å². The van der Waals surface area contributed by atoms with Crippen LogP contribution in [-0.2, 0) is 4.74 Å². The fraction of sp³-hybridized carbons (Fsp3) is 0.350. The summed E-state index contributed by atoms with van der Waals surface area (Å²) in [4.78, 5) is 15.9. The van der Waals surface area contributed by atoms with Gasteiger partial charge in [0.05, 0.1) is 12.7 Å². The van der Waals surface area contributed by atoms with E-state index in [4.69, 9.17) is 4.74 Å². The second kappa shape index (κ2) is 8.52. The summed E-state index contributed by atoms with van der Waals surface area (Å²) >= 11 is 1.72. The molecule has 132 valence electrons. The lowest BCUT2D eigenvalue weighted by Crippen LogP contribution is -2.45. The van der Waals surface area contributed by atoms with Crippen LogP contribution in [0.25, 0.3) is 11.1 Å². The Balaban J connectivity index is 1.64. The molecule has 0 aliphatic carbocycles. The Labute approximate surface area is 153 Å². The predicted octanol–water partition coefficient (Wildman–Crippen LogP) is 3.14. The molecule has 2 aromatic carbocycles. The largest absolute Gasteiger partial charge is 0.374 e. The molecule has 1 heterocycles. The first-order valence-corrected chi connectivity index (χ1v) is 9.71. The summed E-state index contributed by atoms with van der Waals surface area (Å²) in [5.41, 5.74) is 2.84. The van der Waals surface area contributed by atoms with Crippen molar-refractivity contribution in [2.24, 2.45) is 0 Å². The summed E-state index contributed by atoms with van der Waals surface area (Å²) in [5.74, 6) is -0.0561. The number of ether oxygens (including phenoxy) is 1. The molecule has 1 aliphatic rings. The van der Waals surface area contributed by atoms with Crippen LogP contribution in [0.4, 0.5) is 0 Å². The smallest absolute Gasteiger partial charge is 0.251 e. The van der Waals surface area contributed by atoms with E-state index in [9.17, 15) is 4.79 Å². The number of nitrogens with zero attached hydrogens (tertiary/aromatic N) is 1. The van der Waals surface area contributed by atoms with Crippen molar-refractivity contribution in [3.63, 3.8) is 0 Å². The molecule has 25 heavy (non-hydrogen) atoms. The first-order chi connectivity index (χ1) is 12.2.